The quantitative estimate of drug-likeness (QED) is 0.435. The van der Waals surface area contributed by atoms with Gasteiger partial charge in [-0.2, -0.15) is 5.26 Å². The number of aliphatic hydroxyl groups excluding tert-OH is 1. The molecule has 8 nitrogen and oxygen atoms in total. The lowest BCUT2D eigenvalue weighted by atomic mass is 9.88. The number of carboxylic acid groups (broad SMARTS) is 1. The molecule has 8 heteroatoms. The molecule has 1 amide bonds. The monoisotopic (exact) mass is 447 g/mol. The maximum atomic E-state index is 11.0. The summed E-state index contributed by atoms with van der Waals surface area (Å²) in [5.74, 6) is 0.731. The van der Waals surface area contributed by atoms with E-state index in [-0.39, 0.29) is 18.2 Å². The van der Waals surface area contributed by atoms with Crippen LogP contribution >= 0.6 is 0 Å². The number of ether oxygens (including phenoxy) is 2. The van der Waals surface area contributed by atoms with E-state index in [9.17, 15) is 9.90 Å². The lowest BCUT2D eigenvalue weighted by molar-refractivity contribution is -0.0904. The van der Waals surface area contributed by atoms with Crippen LogP contribution in [0.3, 0.4) is 0 Å². The molecule has 2 aliphatic heterocycles. The number of fused-ring (bicyclic) bond motifs is 1. The second kappa shape index (κ2) is 13.4. The lowest BCUT2D eigenvalue weighted by Gasteiger charge is -2.27. The minimum absolute atomic E-state index is 0.0510. The van der Waals surface area contributed by atoms with Crippen molar-refractivity contribution < 1.29 is 24.5 Å². The van der Waals surface area contributed by atoms with Gasteiger partial charge in [0.05, 0.1) is 31.4 Å². The van der Waals surface area contributed by atoms with Crippen molar-refractivity contribution >= 4 is 6.09 Å². The van der Waals surface area contributed by atoms with Gasteiger partial charge in [0.25, 0.3) is 0 Å². The van der Waals surface area contributed by atoms with Crippen LogP contribution in [0.4, 0.5) is 4.79 Å². The Hall–Kier alpha value is -2.18. The van der Waals surface area contributed by atoms with E-state index in [2.05, 4.69) is 30.6 Å². The third-order valence-corrected chi connectivity index (χ3v) is 5.87. The van der Waals surface area contributed by atoms with E-state index in [0.717, 1.165) is 31.1 Å². The molecule has 32 heavy (non-hydrogen) atoms. The SMILES string of the molecule is C1CC2CCOC2O1.CC(C)(CCC#N)CNCC(O)C(Cc1ccccc1)NC(=O)O. The van der Waals surface area contributed by atoms with E-state index in [0.29, 0.717) is 19.4 Å². The number of hydrogen-bond acceptors (Lipinski definition) is 6. The Labute approximate surface area is 190 Å². The molecule has 0 radical (unpaired) electrons. The van der Waals surface area contributed by atoms with Gasteiger partial charge in [0.15, 0.2) is 6.29 Å². The van der Waals surface area contributed by atoms with Crippen molar-refractivity contribution in [2.45, 2.75) is 64.4 Å². The molecule has 3 rings (SSSR count). The predicted molar refractivity (Wildman–Crippen MR) is 121 cm³/mol. The van der Waals surface area contributed by atoms with Crippen LogP contribution in [0, 0.1) is 22.7 Å². The number of nitriles is 1. The first-order valence-corrected chi connectivity index (χ1v) is 11.3. The molecule has 2 aliphatic rings. The standard InChI is InChI=1S/C18H27N3O3.C6H10O2/c1-18(2,9-6-10-19)13-20-12-16(22)15(21-17(23)24)11-14-7-4-3-5-8-14;1-3-7-6-5(1)2-4-8-6/h3-5,7-8,15-16,20-22H,6,9,11-13H2,1-2H3,(H,23,24);5-6H,1-4H2. The molecular formula is C24H37N3O5. The first kappa shape index (κ1) is 26.1. The maximum Gasteiger partial charge on any atom is 0.404 e. The van der Waals surface area contributed by atoms with Gasteiger partial charge in [-0.25, -0.2) is 4.79 Å². The van der Waals surface area contributed by atoms with Crippen LogP contribution in [0.1, 0.15) is 45.1 Å². The molecule has 2 heterocycles. The fraction of sp³-hybridized carbons (Fsp3) is 0.667. The first-order chi connectivity index (χ1) is 15.3. The van der Waals surface area contributed by atoms with Crippen LogP contribution in [-0.4, -0.2) is 61.0 Å². The number of aliphatic hydroxyl groups is 1. The molecule has 178 valence electrons. The Bertz CT molecular complexity index is 702. The largest absolute Gasteiger partial charge is 0.465 e. The fourth-order valence-corrected chi connectivity index (χ4v) is 3.90. The van der Waals surface area contributed by atoms with Crippen molar-refractivity contribution in [1.82, 2.24) is 10.6 Å². The molecule has 1 aromatic rings. The van der Waals surface area contributed by atoms with Crippen LogP contribution in [0.15, 0.2) is 30.3 Å². The second-order valence-corrected chi connectivity index (χ2v) is 9.21. The Kier molecular flexibility index (Phi) is 10.9. The van der Waals surface area contributed by atoms with Crippen LogP contribution in [-0.2, 0) is 15.9 Å². The van der Waals surface area contributed by atoms with Gasteiger partial charge in [-0.3, -0.25) is 0 Å². The summed E-state index contributed by atoms with van der Waals surface area (Å²) in [5.41, 5.74) is 0.912. The molecule has 4 N–H and O–H groups in total. The molecule has 0 spiro atoms. The second-order valence-electron chi connectivity index (χ2n) is 9.21. The summed E-state index contributed by atoms with van der Waals surface area (Å²) in [4.78, 5) is 11.0. The van der Waals surface area contributed by atoms with Gasteiger partial charge in [0.2, 0.25) is 0 Å². The molecule has 2 saturated heterocycles. The summed E-state index contributed by atoms with van der Waals surface area (Å²) in [6.45, 7) is 6.87. The van der Waals surface area contributed by atoms with E-state index in [4.69, 9.17) is 19.8 Å². The summed E-state index contributed by atoms with van der Waals surface area (Å²) in [6.07, 6.45) is 2.30. The highest BCUT2D eigenvalue weighted by atomic mass is 16.7. The Morgan fingerprint density at radius 2 is 1.91 bits per heavy atom. The average molecular weight is 448 g/mol. The maximum absolute atomic E-state index is 11.0. The highest BCUT2D eigenvalue weighted by Gasteiger charge is 2.33. The highest BCUT2D eigenvalue weighted by Crippen LogP contribution is 2.30. The molecule has 0 saturated carbocycles. The molecule has 0 bridgehead atoms. The zero-order valence-electron chi connectivity index (χ0n) is 19.1. The van der Waals surface area contributed by atoms with Gasteiger partial charge >= 0.3 is 6.09 Å². The van der Waals surface area contributed by atoms with Crippen LogP contribution in [0.25, 0.3) is 0 Å². The number of hydrogen-bond donors (Lipinski definition) is 4. The molecule has 2 unspecified atom stereocenters. The van der Waals surface area contributed by atoms with Gasteiger partial charge in [-0.15, -0.1) is 0 Å². The lowest BCUT2D eigenvalue weighted by Crippen LogP contribution is -2.49. The van der Waals surface area contributed by atoms with E-state index >= 15 is 0 Å². The van der Waals surface area contributed by atoms with Crippen molar-refractivity contribution in [3.63, 3.8) is 0 Å². The Morgan fingerprint density at radius 1 is 1.25 bits per heavy atom. The predicted octanol–water partition coefficient (Wildman–Crippen LogP) is 2.92. The van der Waals surface area contributed by atoms with Crippen molar-refractivity contribution in [2.75, 3.05) is 26.3 Å². The fourth-order valence-electron chi connectivity index (χ4n) is 3.90. The van der Waals surface area contributed by atoms with Gasteiger partial charge in [-0.1, -0.05) is 44.2 Å². The van der Waals surface area contributed by atoms with Crippen LogP contribution < -0.4 is 10.6 Å². The van der Waals surface area contributed by atoms with Gasteiger partial charge < -0.3 is 30.3 Å². The summed E-state index contributed by atoms with van der Waals surface area (Å²) in [5, 5.41) is 33.6. The molecular weight excluding hydrogens is 410 g/mol. The van der Waals surface area contributed by atoms with E-state index in [1.807, 2.05) is 30.3 Å². The molecule has 0 aliphatic carbocycles. The van der Waals surface area contributed by atoms with Crippen molar-refractivity contribution in [3.05, 3.63) is 35.9 Å². The van der Waals surface area contributed by atoms with Gasteiger partial charge in [-0.05, 0) is 36.7 Å². The Morgan fingerprint density at radius 3 is 2.47 bits per heavy atom. The molecule has 0 aromatic heterocycles. The number of amides is 1. The molecule has 2 atom stereocenters. The van der Waals surface area contributed by atoms with E-state index in [1.165, 1.54) is 12.8 Å². The van der Waals surface area contributed by atoms with Crippen LogP contribution in [0.5, 0.6) is 0 Å². The average Bonchev–Trinajstić information content (AvgIpc) is 3.38. The van der Waals surface area contributed by atoms with Crippen molar-refractivity contribution in [2.24, 2.45) is 11.3 Å². The number of rotatable bonds is 10. The summed E-state index contributed by atoms with van der Waals surface area (Å²) >= 11 is 0. The zero-order chi connectivity index (χ0) is 23.4. The topological polar surface area (TPSA) is 124 Å². The first-order valence-electron chi connectivity index (χ1n) is 11.3. The van der Waals surface area contributed by atoms with E-state index in [1.54, 1.807) is 0 Å². The van der Waals surface area contributed by atoms with Crippen molar-refractivity contribution in [3.8, 4) is 6.07 Å². The molecule has 1 aromatic carbocycles. The smallest absolute Gasteiger partial charge is 0.404 e. The van der Waals surface area contributed by atoms with Crippen LogP contribution in [0.2, 0.25) is 0 Å². The number of nitrogens with zero attached hydrogens (tertiary/aromatic N) is 1. The third kappa shape index (κ3) is 9.53. The third-order valence-electron chi connectivity index (χ3n) is 5.87. The molecule has 2 fully saturated rings. The zero-order valence-corrected chi connectivity index (χ0v) is 19.1. The summed E-state index contributed by atoms with van der Waals surface area (Å²) in [6, 6.07) is 11.0. The normalized spacial score (nSPS) is 21.6. The number of nitrogens with one attached hydrogen (secondary N) is 2. The number of benzene rings is 1. The van der Waals surface area contributed by atoms with Crippen molar-refractivity contribution in [1.29, 1.82) is 5.26 Å². The van der Waals surface area contributed by atoms with E-state index < -0.39 is 18.2 Å². The summed E-state index contributed by atoms with van der Waals surface area (Å²) in [7, 11) is 0. The number of carbonyl (C=O) groups is 1. The Balaban J connectivity index is 0.000000371. The van der Waals surface area contributed by atoms with Gasteiger partial charge in [0.1, 0.15) is 0 Å². The van der Waals surface area contributed by atoms with Gasteiger partial charge in [0, 0.05) is 25.4 Å². The highest BCUT2D eigenvalue weighted by molar-refractivity contribution is 5.65. The summed E-state index contributed by atoms with van der Waals surface area (Å²) < 4.78 is 10.5. The minimum Gasteiger partial charge on any atom is -0.465 e. The minimum atomic E-state index is -1.15.